The third-order valence-corrected chi connectivity index (χ3v) is 4.09. The van der Waals surface area contributed by atoms with Gasteiger partial charge in [-0.25, -0.2) is 0 Å². The molecule has 0 aromatic heterocycles. The van der Waals surface area contributed by atoms with E-state index < -0.39 is 0 Å². The van der Waals surface area contributed by atoms with E-state index in [-0.39, 0.29) is 0 Å². The SMILES string of the molecule is CN=C(NCCCOc1cccc(OC)c1)NCc1ccc(OC)cc1OC. The van der Waals surface area contributed by atoms with E-state index in [1.807, 2.05) is 42.5 Å². The second-order valence-corrected chi connectivity index (χ2v) is 5.91. The number of guanidine groups is 1. The Bertz CT molecular complexity index is 765. The summed E-state index contributed by atoms with van der Waals surface area (Å²) in [7, 11) is 6.67. The number of aliphatic imine (C=N–C) groups is 1. The Kier molecular flexibility index (Phi) is 8.78. The van der Waals surface area contributed by atoms with Crippen molar-refractivity contribution >= 4 is 5.96 Å². The van der Waals surface area contributed by atoms with Crippen molar-refractivity contribution in [1.29, 1.82) is 0 Å². The quantitative estimate of drug-likeness (QED) is 0.371. The van der Waals surface area contributed by atoms with Gasteiger partial charge in [-0.2, -0.15) is 0 Å². The predicted molar refractivity (Wildman–Crippen MR) is 111 cm³/mol. The second-order valence-electron chi connectivity index (χ2n) is 5.91. The summed E-state index contributed by atoms with van der Waals surface area (Å²) in [6.45, 7) is 1.93. The van der Waals surface area contributed by atoms with Gasteiger partial charge < -0.3 is 29.6 Å². The van der Waals surface area contributed by atoms with Crippen molar-refractivity contribution in [3.8, 4) is 23.0 Å². The molecule has 0 aliphatic carbocycles. The van der Waals surface area contributed by atoms with Crippen molar-refractivity contribution in [1.82, 2.24) is 10.6 Å². The van der Waals surface area contributed by atoms with Crippen LogP contribution in [0, 0.1) is 0 Å². The van der Waals surface area contributed by atoms with Gasteiger partial charge in [0.2, 0.25) is 0 Å². The van der Waals surface area contributed by atoms with Gasteiger partial charge in [0.05, 0.1) is 27.9 Å². The second kappa shape index (κ2) is 11.6. The highest BCUT2D eigenvalue weighted by atomic mass is 16.5. The van der Waals surface area contributed by atoms with Crippen LogP contribution in [0.2, 0.25) is 0 Å². The van der Waals surface area contributed by atoms with Crippen LogP contribution < -0.4 is 29.6 Å². The van der Waals surface area contributed by atoms with Gasteiger partial charge in [-0.3, -0.25) is 4.99 Å². The van der Waals surface area contributed by atoms with Gasteiger partial charge in [-0.15, -0.1) is 0 Å². The molecule has 0 amide bonds. The monoisotopic (exact) mass is 387 g/mol. The van der Waals surface area contributed by atoms with Crippen LogP contribution in [0.5, 0.6) is 23.0 Å². The maximum Gasteiger partial charge on any atom is 0.191 e. The Labute approximate surface area is 166 Å². The molecule has 0 aliphatic rings. The lowest BCUT2D eigenvalue weighted by Gasteiger charge is -2.14. The fraction of sp³-hybridized carbons (Fsp3) is 0.381. The van der Waals surface area contributed by atoms with Crippen LogP contribution in [0.4, 0.5) is 0 Å². The van der Waals surface area contributed by atoms with Crippen molar-refractivity contribution in [2.45, 2.75) is 13.0 Å². The summed E-state index contributed by atoms with van der Waals surface area (Å²) in [5, 5.41) is 6.56. The molecular weight excluding hydrogens is 358 g/mol. The molecule has 0 bridgehead atoms. The molecule has 28 heavy (non-hydrogen) atoms. The van der Waals surface area contributed by atoms with E-state index in [0.717, 1.165) is 47.5 Å². The summed E-state index contributed by atoms with van der Waals surface area (Å²) in [6.07, 6.45) is 0.837. The minimum absolute atomic E-state index is 0.590. The third-order valence-electron chi connectivity index (χ3n) is 4.09. The van der Waals surface area contributed by atoms with E-state index in [9.17, 15) is 0 Å². The van der Waals surface area contributed by atoms with E-state index in [1.54, 1.807) is 28.4 Å². The topological polar surface area (TPSA) is 73.3 Å². The lowest BCUT2D eigenvalue weighted by molar-refractivity contribution is 0.308. The molecule has 2 aromatic rings. The van der Waals surface area contributed by atoms with Crippen LogP contribution in [0.25, 0.3) is 0 Å². The van der Waals surface area contributed by atoms with Gasteiger partial charge in [0.25, 0.3) is 0 Å². The number of nitrogens with zero attached hydrogens (tertiary/aromatic N) is 1. The fourth-order valence-electron chi connectivity index (χ4n) is 2.56. The van der Waals surface area contributed by atoms with Gasteiger partial charge in [0.1, 0.15) is 23.0 Å². The summed E-state index contributed by atoms with van der Waals surface area (Å²) < 4.78 is 21.6. The standard InChI is InChI=1S/C21H29N3O4/c1-22-21(24-15-16-9-10-18(26-3)14-20(16)27-4)23-11-6-12-28-19-8-5-7-17(13-19)25-2/h5,7-10,13-14H,6,11-12,15H2,1-4H3,(H2,22,23,24). The number of rotatable bonds is 10. The molecule has 0 aliphatic heterocycles. The number of benzene rings is 2. The van der Waals surface area contributed by atoms with Gasteiger partial charge in [0.15, 0.2) is 5.96 Å². The molecular formula is C21H29N3O4. The highest BCUT2D eigenvalue weighted by molar-refractivity contribution is 5.79. The first kappa shape index (κ1) is 21.2. The molecule has 7 heteroatoms. The van der Waals surface area contributed by atoms with Crippen LogP contribution in [0.1, 0.15) is 12.0 Å². The van der Waals surface area contributed by atoms with E-state index >= 15 is 0 Å². The summed E-state index contributed by atoms with van der Waals surface area (Å²) in [5.74, 6) is 3.84. The summed E-state index contributed by atoms with van der Waals surface area (Å²) >= 11 is 0. The Morgan fingerprint density at radius 1 is 0.893 bits per heavy atom. The number of hydrogen-bond donors (Lipinski definition) is 2. The smallest absolute Gasteiger partial charge is 0.191 e. The molecule has 0 radical (unpaired) electrons. The Morgan fingerprint density at radius 3 is 2.36 bits per heavy atom. The predicted octanol–water partition coefficient (Wildman–Crippen LogP) is 2.85. The zero-order chi connectivity index (χ0) is 20.2. The minimum Gasteiger partial charge on any atom is -0.497 e. The maximum absolute atomic E-state index is 5.74. The van der Waals surface area contributed by atoms with Crippen molar-refractivity contribution in [3.05, 3.63) is 48.0 Å². The van der Waals surface area contributed by atoms with E-state index in [0.29, 0.717) is 13.2 Å². The Hall–Kier alpha value is -3.09. The molecule has 7 nitrogen and oxygen atoms in total. The molecule has 152 valence electrons. The van der Waals surface area contributed by atoms with Crippen LogP contribution in [-0.4, -0.2) is 47.5 Å². The first-order valence-corrected chi connectivity index (χ1v) is 9.12. The van der Waals surface area contributed by atoms with Crippen LogP contribution in [0.3, 0.4) is 0 Å². The highest BCUT2D eigenvalue weighted by Crippen LogP contribution is 2.24. The Morgan fingerprint density at radius 2 is 1.64 bits per heavy atom. The van der Waals surface area contributed by atoms with Gasteiger partial charge in [-0.1, -0.05) is 6.07 Å². The molecule has 0 fully saturated rings. The van der Waals surface area contributed by atoms with E-state index in [2.05, 4.69) is 15.6 Å². The number of ether oxygens (including phenoxy) is 4. The summed E-state index contributed by atoms with van der Waals surface area (Å²) in [6, 6.07) is 13.3. The molecule has 0 spiro atoms. The van der Waals surface area contributed by atoms with Crippen molar-refractivity contribution < 1.29 is 18.9 Å². The first-order valence-electron chi connectivity index (χ1n) is 9.12. The minimum atomic E-state index is 0.590. The van der Waals surface area contributed by atoms with E-state index in [1.165, 1.54) is 0 Å². The normalized spacial score (nSPS) is 10.9. The Balaban J connectivity index is 1.73. The zero-order valence-electron chi connectivity index (χ0n) is 17.0. The molecule has 0 heterocycles. The molecule has 0 atom stereocenters. The van der Waals surface area contributed by atoms with Crippen LogP contribution >= 0.6 is 0 Å². The number of methoxy groups -OCH3 is 3. The average molecular weight is 387 g/mol. The van der Waals surface area contributed by atoms with Crippen LogP contribution in [0.15, 0.2) is 47.5 Å². The molecule has 2 rings (SSSR count). The van der Waals surface area contributed by atoms with Gasteiger partial charge in [-0.05, 0) is 30.7 Å². The number of hydrogen-bond acceptors (Lipinski definition) is 5. The van der Waals surface area contributed by atoms with Crippen molar-refractivity contribution in [2.75, 3.05) is 41.5 Å². The third kappa shape index (κ3) is 6.57. The molecule has 2 N–H and O–H groups in total. The van der Waals surface area contributed by atoms with Crippen molar-refractivity contribution in [3.63, 3.8) is 0 Å². The van der Waals surface area contributed by atoms with E-state index in [4.69, 9.17) is 18.9 Å². The first-order chi connectivity index (χ1) is 13.7. The maximum atomic E-state index is 5.74. The van der Waals surface area contributed by atoms with Gasteiger partial charge >= 0.3 is 0 Å². The summed E-state index contributed by atoms with van der Waals surface area (Å²) in [4.78, 5) is 4.24. The molecule has 0 saturated carbocycles. The zero-order valence-corrected chi connectivity index (χ0v) is 17.0. The fourth-order valence-corrected chi connectivity index (χ4v) is 2.56. The lowest BCUT2D eigenvalue weighted by atomic mass is 10.2. The lowest BCUT2D eigenvalue weighted by Crippen LogP contribution is -2.37. The average Bonchev–Trinajstić information content (AvgIpc) is 2.75. The molecule has 0 unspecified atom stereocenters. The molecule has 0 saturated heterocycles. The molecule has 2 aromatic carbocycles. The summed E-state index contributed by atoms with van der Waals surface area (Å²) in [5.41, 5.74) is 1.02. The van der Waals surface area contributed by atoms with Crippen molar-refractivity contribution in [2.24, 2.45) is 4.99 Å². The largest absolute Gasteiger partial charge is 0.497 e. The number of nitrogens with one attached hydrogen (secondary N) is 2. The highest BCUT2D eigenvalue weighted by Gasteiger charge is 2.06. The van der Waals surface area contributed by atoms with Crippen LogP contribution in [-0.2, 0) is 6.54 Å². The van der Waals surface area contributed by atoms with Gasteiger partial charge in [0, 0.05) is 37.8 Å².